The Morgan fingerprint density at radius 2 is 2.29 bits per heavy atom. The molecule has 0 unspecified atom stereocenters. The molecule has 3 nitrogen and oxygen atoms in total. The number of rotatable bonds is 2. The van der Waals surface area contributed by atoms with E-state index in [1.807, 2.05) is 23.7 Å². The molecule has 0 radical (unpaired) electrons. The maximum absolute atomic E-state index is 13.7. The van der Waals surface area contributed by atoms with Crippen LogP contribution in [-0.4, -0.2) is 20.0 Å². The summed E-state index contributed by atoms with van der Waals surface area (Å²) in [5.41, 5.74) is 0.822. The van der Waals surface area contributed by atoms with E-state index in [0.717, 1.165) is 11.3 Å². The van der Waals surface area contributed by atoms with Crippen molar-refractivity contribution in [2.45, 2.75) is 31.4 Å². The molecule has 0 amide bonds. The maximum atomic E-state index is 13.7. The molecule has 2 heterocycles. The number of fused-ring (bicyclic) bond motifs is 1. The third-order valence-electron chi connectivity index (χ3n) is 3.41. The fourth-order valence-electron chi connectivity index (χ4n) is 2.34. The van der Waals surface area contributed by atoms with Crippen LogP contribution in [0.1, 0.15) is 30.0 Å². The Hall–Kier alpha value is -1.71. The lowest BCUT2D eigenvalue weighted by atomic mass is 9.71. The van der Waals surface area contributed by atoms with E-state index in [1.54, 1.807) is 6.20 Å². The van der Waals surface area contributed by atoms with Gasteiger partial charge in [0.25, 0.3) is 0 Å². The van der Waals surface area contributed by atoms with E-state index in [2.05, 4.69) is 16.5 Å². The molecule has 0 N–H and O–H groups in total. The number of allylic oxidation sites excluding steroid dienone is 1. The fraction of sp³-hybridized carbons (Fsp3) is 0.385. The van der Waals surface area contributed by atoms with Crippen molar-refractivity contribution in [2.75, 3.05) is 0 Å². The number of aromatic nitrogens is 3. The van der Waals surface area contributed by atoms with Crippen LogP contribution in [0.5, 0.6) is 0 Å². The van der Waals surface area contributed by atoms with Crippen molar-refractivity contribution in [1.82, 2.24) is 14.4 Å². The number of nitrogens with zero attached hydrogens (tertiary/aromatic N) is 3. The van der Waals surface area contributed by atoms with Crippen molar-refractivity contribution in [3.05, 3.63) is 42.5 Å². The number of halogens is 1. The van der Waals surface area contributed by atoms with E-state index < -0.39 is 5.67 Å². The van der Waals surface area contributed by atoms with E-state index in [4.69, 9.17) is 0 Å². The minimum Gasteiger partial charge on any atom is -0.291 e. The van der Waals surface area contributed by atoms with E-state index >= 15 is 0 Å². The molecule has 0 aromatic carbocycles. The number of hydrogen-bond donors (Lipinski definition) is 0. The summed E-state index contributed by atoms with van der Waals surface area (Å²) in [5.74, 6) is 0.876. The first kappa shape index (κ1) is 10.4. The topological polar surface area (TPSA) is 30.2 Å². The smallest absolute Gasteiger partial charge is 0.233 e. The lowest BCUT2D eigenvalue weighted by Crippen LogP contribution is -2.36. The second-order valence-electron chi connectivity index (χ2n) is 4.85. The Balaban J connectivity index is 1.90. The molecular formula is C13H14FN3. The van der Waals surface area contributed by atoms with Crippen LogP contribution >= 0.6 is 0 Å². The van der Waals surface area contributed by atoms with E-state index in [1.165, 1.54) is 6.08 Å². The number of imidazole rings is 1. The molecule has 2 aromatic heterocycles. The van der Waals surface area contributed by atoms with Gasteiger partial charge in [-0.1, -0.05) is 12.7 Å². The van der Waals surface area contributed by atoms with Gasteiger partial charge in [0.1, 0.15) is 5.67 Å². The van der Waals surface area contributed by atoms with E-state index in [-0.39, 0.29) is 5.92 Å². The summed E-state index contributed by atoms with van der Waals surface area (Å²) in [6, 6.07) is 0. The average molecular weight is 231 g/mol. The van der Waals surface area contributed by atoms with Crippen LogP contribution < -0.4 is 0 Å². The second-order valence-corrected chi connectivity index (χ2v) is 4.85. The predicted molar refractivity (Wildman–Crippen MR) is 63.7 cm³/mol. The van der Waals surface area contributed by atoms with Crippen LogP contribution in [0.2, 0.25) is 0 Å². The zero-order valence-electron chi connectivity index (χ0n) is 9.73. The lowest BCUT2D eigenvalue weighted by molar-refractivity contribution is 0.0919. The molecular weight excluding hydrogens is 217 g/mol. The summed E-state index contributed by atoms with van der Waals surface area (Å²) in [6.07, 6.45) is 8.09. The van der Waals surface area contributed by atoms with Crippen LogP contribution in [0.25, 0.3) is 5.78 Å². The van der Waals surface area contributed by atoms with Crippen LogP contribution in [0.3, 0.4) is 0 Å². The molecule has 0 bridgehead atoms. The highest BCUT2D eigenvalue weighted by atomic mass is 19.1. The van der Waals surface area contributed by atoms with Crippen LogP contribution in [-0.2, 0) is 0 Å². The van der Waals surface area contributed by atoms with Gasteiger partial charge in [-0.25, -0.2) is 14.4 Å². The van der Waals surface area contributed by atoms with Crippen LogP contribution in [0.15, 0.2) is 31.2 Å². The summed E-state index contributed by atoms with van der Waals surface area (Å²) in [5, 5.41) is 0. The first-order chi connectivity index (χ1) is 8.09. The minimum atomic E-state index is -1.19. The molecule has 0 atom stereocenters. The molecule has 88 valence electrons. The van der Waals surface area contributed by atoms with Gasteiger partial charge >= 0.3 is 0 Å². The van der Waals surface area contributed by atoms with Gasteiger partial charge in [-0.3, -0.25) is 4.40 Å². The first-order valence-electron chi connectivity index (χ1n) is 5.73. The van der Waals surface area contributed by atoms with Gasteiger partial charge in [0.15, 0.2) is 0 Å². The second kappa shape index (κ2) is 3.39. The van der Waals surface area contributed by atoms with E-state index in [9.17, 15) is 4.39 Å². The average Bonchev–Trinajstić information content (AvgIpc) is 2.67. The van der Waals surface area contributed by atoms with Gasteiger partial charge < -0.3 is 0 Å². The summed E-state index contributed by atoms with van der Waals surface area (Å²) >= 11 is 0. The molecule has 0 spiro atoms. The molecule has 1 aliphatic rings. The van der Waals surface area contributed by atoms with Gasteiger partial charge in [-0.15, -0.1) is 0 Å². The molecule has 0 aliphatic heterocycles. The molecule has 1 aliphatic carbocycles. The minimum absolute atomic E-state index is 0.194. The van der Waals surface area contributed by atoms with Crippen molar-refractivity contribution in [3.8, 4) is 0 Å². The molecule has 0 saturated heterocycles. The Kier molecular flexibility index (Phi) is 2.08. The monoisotopic (exact) mass is 231 g/mol. The highest BCUT2D eigenvalue weighted by molar-refractivity contribution is 5.34. The zero-order valence-corrected chi connectivity index (χ0v) is 9.73. The quantitative estimate of drug-likeness (QED) is 0.744. The summed E-state index contributed by atoms with van der Waals surface area (Å²) < 4.78 is 15.6. The molecule has 2 aromatic rings. The summed E-state index contributed by atoms with van der Waals surface area (Å²) in [7, 11) is 0. The lowest BCUT2D eigenvalue weighted by Gasteiger charge is -2.38. The molecule has 1 saturated carbocycles. The van der Waals surface area contributed by atoms with Gasteiger partial charge in [0.05, 0.1) is 5.69 Å². The van der Waals surface area contributed by atoms with Gasteiger partial charge in [0, 0.05) is 24.5 Å². The highest BCUT2D eigenvalue weighted by Crippen LogP contribution is 2.47. The Bertz CT molecular complexity index is 581. The van der Waals surface area contributed by atoms with E-state index in [0.29, 0.717) is 18.6 Å². The third kappa shape index (κ3) is 1.64. The highest BCUT2D eigenvalue weighted by Gasteiger charge is 2.44. The van der Waals surface area contributed by atoms with Crippen molar-refractivity contribution >= 4 is 5.78 Å². The number of alkyl halides is 1. The third-order valence-corrected chi connectivity index (χ3v) is 3.41. The SMILES string of the molecule is C=CC1(F)CC(c2cn3cc(C)cnc3n2)C1. The van der Waals surface area contributed by atoms with Crippen molar-refractivity contribution in [1.29, 1.82) is 0 Å². The molecule has 4 heteroatoms. The van der Waals surface area contributed by atoms with Crippen LogP contribution in [0.4, 0.5) is 4.39 Å². The van der Waals surface area contributed by atoms with Gasteiger partial charge in [-0.05, 0) is 25.3 Å². The van der Waals surface area contributed by atoms with Crippen molar-refractivity contribution < 1.29 is 4.39 Å². The number of hydrogen-bond acceptors (Lipinski definition) is 2. The summed E-state index contributed by atoms with van der Waals surface area (Å²) in [4.78, 5) is 8.66. The molecule has 3 rings (SSSR count). The molecule has 1 fully saturated rings. The Morgan fingerprint density at radius 1 is 1.53 bits per heavy atom. The van der Waals surface area contributed by atoms with Crippen LogP contribution in [0, 0.1) is 6.92 Å². The Morgan fingerprint density at radius 3 is 3.00 bits per heavy atom. The standard InChI is InChI=1S/C13H14FN3/c1-3-13(14)4-10(5-13)11-8-17-7-9(2)6-15-12(17)16-11/h3,6-8,10H,1,4-5H2,2H3. The Labute approximate surface area is 99.0 Å². The maximum Gasteiger partial charge on any atom is 0.233 e. The van der Waals surface area contributed by atoms with Crippen molar-refractivity contribution in [2.24, 2.45) is 0 Å². The van der Waals surface area contributed by atoms with Crippen molar-refractivity contribution in [3.63, 3.8) is 0 Å². The normalized spacial score (nSPS) is 28.0. The fourth-order valence-corrected chi connectivity index (χ4v) is 2.34. The molecule has 17 heavy (non-hydrogen) atoms. The van der Waals surface area contributed by atoms with Gasteiger partial charge in [-0.2, -0.15) is 0 Å². The number of aryl methyl sites for hydroxylation is 1. The predicted octanol–water partition coefficient (Wildman–Crippen LogP) is 2.81. The summed E-state index contributed by atoms with van der Waals surface area (Å²) in [6.45, 7) is 5.51. The largest absolute Gasteiger partial charge is 0.291 e. The van der Waals surface area contributed by atoms with Gasteiger partial charge in [0.2, 0.25) is 5.78 Å². The first-order valence-corrected chi connectivity index (χ1v) is 5.73. The zero-order chi connectivity index (χ0) is 12.0.